The molecule has 0 aliphatic carbocycles. The van der Waals surface area contributed by atoms with Gasteiger partial charge in [0.1, 0.15) is 5.75 Å². The zero-order valence-corrected chi connectivity index (χ0v) is 13.4. The Hall–Kier alpha value is -1.88. The average Bonchev–Trinajstić information content (AvgIpc) is 2.41. The van der Waals surface area contributed by atoms with Crippen molar-refractivity contribution in [3.05, 3.63) is 27.8 Å². The molecule has 116 valence electrons. The Morgan fingerprint density at radius 1 is 1.05 bits per heavy atom. The topological polar surface area (TPSA) is 72.8 Å². The van der Waals surface area contributed by atoms with Gasteiger partial charge in [-0.2, -0.15) is 0 Å². The minimum Gasteiger partial charge on any atom is -0.469 e. The summed E-state index contributed by atoms with van der Waals surface area (Å²) in [6.45, 7) is 8.68. The van der Waals surface area contributed by atoms with Crippen molar-refractivity contribution in [3.8, 4) is 5.75 Å². The first-order chi connectivity index (χ1) is 9.70. The van der Waals surface area contributed by atoms with Crippen LogP contribution >= 0.6 is 0 Å². The lowest BCUT2D eigenvalue weighted by atomic mass is 9.89. The number of hydrogen-bond donors (Lipinski definition) is 1. The summed E-state index contributed by atoms with van der Waals surface area (Å²) in [5, 5.41) is 10.3. The molecule has 0 spiro atoms. The Morgan fingerprint density at radius 2 is 1.52 bits per heavy atom. The molecule has 1 aromatic carbocycles. The van der Waals surface area contributed by atoms with Gasteiger partial charge in [-0.3, -0.25) is 9.59 Å². The molecule has 0 fully saturated rings. The normalized spacial score (nSPS) is 12.0. The number of ether oxygens (including phenoxy) is 2. The molecule has 1 rings (SSSR count). The predicted octanol–water partition coefficient (Wildman–Crippen LogP) is 2.44. The lowest BCUT2D eigenvalue weighted by molar-refractivity contribution is -0.143. The third-order valence-electron chi connectivity index (χ3n) is 3.78. The summed E-state index contributed by atoms with van der Waals surface area (Å²) >= 11 is 0. The molecule has 0 saturated heterocycles. The molecule has 1 unspecified atom stereocenters. The van der Waals surface area contributed by atoms with E-state index in [2.05, 4.69) is 4.74 Å². The number of esters is 2. The Bertz CT molecular complexity index is 546. The van der Waals surface area contributed by atoms with Crippen LogP contribution in [0, 0.1) is 27.7 Å². The molecule has 0 bridgehead atoms. The van der Waals surface area contributed by atoms with Crippen LogP contribution in [-0.4, -0.2) is 24.2 Å². The van der Waals surface area contributed by atoms with E-state index in [1.54, 1.807) is 0 Å². The summed E-state index contributed by atoms with van der Waals surface area (Å²) in [5.41, 5.74) is 3.88. The molecule has 0 aliphatic heterocycles. The highest BCUT2D eigenvalue weighted by molar-refractivity contribution is 5.72. The molecule has 0 radical (unpaired) electrons. The van der Waals surface area contributed by atoms with Crippen LogP contribution in [-0.2, 0) is 14.3 Å². The van der Waals surface area contributed by atoms with E-state index in [4.69, 9.17) is 4.74 Å². The highest BCUT2D eigenvalue weighted by atomic mass is 16.5. The molecule has 0 amide bonds. The molecule has 0 aliphatic rings. The van der Waals surface area contributed by atoms with Crippen molar-refractivity contribution in [1.29, 1.82) is 0 Å². The van der Waals surface area contributed by atoms with E-state index in [-0.39, 0.29) is 12.4 Å². The van der Waals surface area contributed by atoms with E-state index in [0.717, 1.165) is 22.3 Å². The largest absolute Gasteiger partial charge is 0.469 e. The second kappa shape index (κ2) is 6.72. The van der Waals surface area contributed by atoms with Crippen LogP contribution in [0.2, 0.25) is 0 Å². The van der Waals surface area contributed by atoms with Crippen molar-refractivity contribution in [2.75, 3.05) is 7.11 Å². The minimum absolute atomic E-state index is 0.107. The van der Waals surface area contributed by atoms with Gasteiger partial charge in [0, 0.05) is 6.92 Å². The van der Waals surface area contributed by atoms with Crippen LogP contribution in [0.25, 0.3) is 0 Å². The van der Waals surface area contributed by atoms with E-state index in [0.29, 0.717) is 11.3 Å². The van der Waals surface area contributed by atoms with Gasteiger partial charge in [0.15, 0.2) is 0 Å². The van der Waals surface area contributed by atoms with Crippen LogP contribution < -0.4 is 4.74 Å². The zero-order chi connectivity index (χ0) is 16.3. The van der Waals surface area contributed by atoms with Crippen molar-refractivity contribution >= 4 is 11.9 Å². The van der Waals surface area contributed by atoms with E-state index < -0.39 is 12.1 Å². The second-order valence-electron chi connectivity index (χ2n) is 5.13. The fourth-order valence-electron chi connectivity index (χ4n) is 2.45. The molecule has 0 aromatic heterocycles. The Kier molecular flexibility index (Phi) is 5.49. The molecule has 0 saturated carbocycles. The maximum absolute atomic E-state index is 11.3. The van der Waals surface area contributed by atoms with Crippen LogP contribution in [0.3, 0.4) is 0 Å². The number of hydrogen-bond acceptors (Lipinski definition) is 5. The van der Waals surface area contributed by atoms with Gasteiger partial charge < -0.3 is 14.6 Å². The molecule has 5 heteroatoms. The summed E-state index contributed by atoms with van der Waals surface area (Å²) in [6, 6.07) is 0. The summed E-state index contributed by atoms with van der Waals surface area (Å²) in [7, 11) is 1.29. The number of aliphatic hydroxyl groups is 1. The standard InChI is InChI=1S/C16H22O5/c1-8-10(3)16(21-12(5)17)11(4)9(2)15(8)13(18)7-14(19)20-6/h13,18H,7H2,1-6H3. The van der Waals surface area contributed by atoms with Crippen LogP contribution in [0.15, 0.2) is 0 Å². The molecule has 1 N–H and O–H groups in total. The fraction of sp³-hybridized carbons (Fsp3) is 0.500. The molecule has 1 atom stereocenters. The van der Waals surface area contributed by atoms with E-state index in [9.17, 15) is 14.7 Å². The predicted molar refractivity (Wildman–Crippen MR) is 78.3 cm³/mol. The third-order valence-corrected chi connectivity index (χ3v) is 3.78. The van der Waals surface area contributed by atoms with Gasteiger partial charge in [0.2, 0.25) is 0 Å². The number of methoxy groups -OCH3 is 1. The lowest BCUT2D eigenvalue weighted by Crippen LogP contribution is -2.14. The Balaban J connectivity index is 3.36. The van der Waals surface area contributed by atoms with Gasteiger partial charge in [-0.25, -0.2) is 0 Å². The van der Waals surface area contributed by atoms with Crippen LogP contribution in [0.1, 0.15) is 47.3 Å². The quantitative estimate of drug-likeness (QED) is 0.682. The molecule has 1 aromatic rings. The monoisotopic (exact) mass is 294 g/mol. The molecule has 21 heavy (non-hydrogen) atoms. The van der Waals surface area contributed by atoms with Gasteiger partial charge in [0.25, 0.3) is 0 Å². The van der Waals surface area contributed by atoms with Crippen molar-refractivity contribution in [2.24, 2.45) is 0 Å². The molecule has 5 nitrogen and oxygen atoms in total. The smallest absolute Gasteiger partial charge is 0.308 e. The number of carbonyl (C=O) groups is 2. The van der Waals surface area contributed by atoms with E-state index in [1.165, 1.54) is 14.0 Å². The van der Waals surface area contributed by atoms with E-state index >= 15 is 0 Å². The Labute approximate surface area is 124 Å². The van der Waals surface area contributed by atoms with Crippen molar-refractivity contribution < 1.29 is 24.2 Å². The summed E-state index contributed by atoms with van der Waals surface area (Å²) < 4.78 is 9.85. The zero-order valence-electron chi connectivity index (χ0n) is 13.4. The van der Waals surface area contributed by atoms with E-state index in [1.807, 2.05) is 27.7 Å². The summed E-state index contributed by atoms with van der Waals surface area (Å²) in [6.07, 6.45) is -1.05. The van der Waals surface area contributed by atoms with Gasteiger partial charge in [-0.05, 0) is 55.5 Å². The lowest BCUT2D eigenvalue weighted by Gasteiger charge is -2.22. The van der Waals surface area contributed by atoms with Gasteiger partial charge in [-0.1, -0.05) is 0 Å². The number of carbonyl (C=O) groups excluding carboxylic acids is 2. The number of aliphatic hydroxyl groups excluding tert-OH is 1. The number of rotatable bonds is 4. The highest BCUT2D eigenvalue weighted by Crippen LogP contribution is 2.36. The fourth-order valence-corrected chi connectivity index (χ4v) is 2.45. The first kappa shape index (κ1) is 17.2. The van der Waals surface area contributed by atoms with Crippen molar-refractivity contribution in [3.63, 3.8) is 0 Å². The summed E-state index contributed by atoms with van der Waals surface area (Å²) in [4.78, 5) is 22.6. The van der Waals surface area contributed by atoms with Gasteiger partial charge in [-0.15, -0.1) is 0 Å². The second-order valence-corrected chi connectivity index (χ2v) is 5.13. The van der Waals surface area contributed by atoms with Crippen LogP contribution in [0.4, 0.5) is 0 Å². The molecular formula is C16H22O5. The Morgan fingerprint density at radius 3 is 1.90 bits per heavy atom. The minimum atomic E-state index is -0.943. The SMILES string of the molecule is COC(=O)CC(O)c1c(C)c(C)c(OC(C)=O)c(C)c1C. The third kappa shape index (κ3) is 3.61. The first-order valence-corrected chi connectivity index (χ1v) is 6.74. The highest BCUT2D eigenvalue weighted by Gasteiger charge is 2.23. The molecule has 0 heterocycles. The average molecular weight is 294 g/mol. The first-order valence-electron chi connectivity index (χ1n) is 6.74. The number of benzene rings is 1. The molecular weight excluding hydrogens is 272 g/mol. The maximum Gasteiger partial charge on any atom is 0.308 e. The van der Waals surface area contributed by atoms with Crippen molar-refractivity contribution in [2.45, 2.75) is 47.1 Å². The van der Waals surface area contributed by atoms with Gasteiger partial charge >= 0.3 is 11.9 Å². The van der Waals surface area contributed by atoms with Gasteiger partial charge in [0.05, 0.1) is 19.6 Å². The maximum atomic E-state index is 11.3. The summed E-state index contributed by atoms with van der Waals surface area (Å²) in [5.74, 6) is -0.338. The van der Waals surface area contributed by atoms with Crippen LogP contribution in [0.5, 0.6) is 5.75 Å². The van der Waals surface area contributed by atoms with Crippen molar-refractivity contribution in [1.82, 2.24) is 0 Å².